The molecule has 0 fully saturated rings. The minimum atomic E-state index is -3.58. The highest BCUT2D eigenvalue weighted by Gasteiger charge is 2.18. The molecule has 1 amide bonds. The molecule has 2 aromatic carbocycles. The van der Waals surface area contributed by atoms with Gasteiger partial charge in [-0.2, -0.15) is 0 Å². The van der Waals surface area contributed by atoms with Gasteiger partial charge in [-0.1, -0.05) is 35.9 Å². The van der Waals surface area contributed by atoms with Gasteiger partial charge in [-0.3, -0.25) is 4.79 Å². The minimum absolute atomic E-state index is 0.117. The molecule has 0 aliphatic rings. The summed E-state index contributed by atoms with van der Waals surface area (Å²) in [6.07, 6.45) is 0. The number of rotatable bonds is 6. The number of carbonyl (C=O) groups is 1. The summed E-state index contributed by atoms with van der Waals surface area (Å²) in [4.78, 5) is 13.9. The summed E-state index contributed by atoms with van der Waals surface area (Å²) < 4.78 is 27.1. The fourth-order valence-electron chi connectivity index (χ4n) is 3.00. The predicted molar refractivity (Wildman–Crippen MR) is 100 cm³/mol. The molecule has 6 heteroatoms. The molecule has 25 heavy (non-hydrogen) atoms. The van der Waals surface area contributed by atoms with Gasteiger partial charge in [0.25, 0.3) is 0 Å². The van der Waals surface area contributed by atoms with Crippen LogP contribution in [0.2, 0.25) is 0 Å². The van der Waals surface area contributed by atoms with Gasteiger partial charge in [-0.25, -0.2) is 13.1 Å². The zero-order chi connectivity index (χ0) is 18.6. The van der Waals surface area contributed by atoms with Crippen molar-refractivity contribution in [3.05, 3.63) is 59.2 Å². The molecule has 0 spiro atoms. The SMILES string of the molecule is CC(=O)N(CCNS(=O)(=O)c1ccccc1)c1c(C)cc(C)cc1C. The van der Waals surface area contributed by atoms with Crippen LogP contribution in [0.5, 0.6) is 0 Å². The van der Waals surface area contributed by atoms with Crippen molar-refractivity contribution in [3.8, 4) is 0 Å². The van der Waals surface area contributed by atoms with Crippen LogP contribution >= 0.6 is 0 Å². The van der Waals surface area contributed by atoms with E-state index in [-0.39, 0.29) is 23.9 Å². The molecule has 0 aromatic heterocycles. The Kier molecular flexibility index (Phi) is 5.98. The monoisotopic (exact) mass is 360 g/mol. The van der Waals surface area contributed by atoms with Crippen LogP contribution in [0.4, 0.5) is 5.69 Å². The van der Waals surface area contributed by atoms with E-state index < -0.39 is 10.0 Å². The van der Waals surface area contributed by atoms with E-state index in [9.17, 15) is 13.2 Å². The van der Waals surface area contributed by atoms with Crippen molar-refractivity contribution in [2.24, 2.45) is 0 Å². The maximum Gasteiger partial charge on any atom is 0.240 e. The number of hydrogen-bond acceptors (Lipinski definition) is 3. The average molecular weight is 360 g/mol. The van der Waals surface area contributed by atoms with Crippen LogP contribution in [0, 0.1) is 20.8 Å². The summed E-state index contributed by atoms with van der Waals surface area (Å²) in [7, 11) is -3.58. The van der Waals surface area contributed by atoms with E-state index in [2.05, 4.69) is 4.72 Å². The summed E-state index contributed by atoms with van der Waals surface area (Å²) in [6, 6.07) is 12.2. The van der Waals surface area contributed by atoms with Crippen LogP contribution < -0.4 is 9.62 Å². The van der Waals surface area contributed by atoms with Gasteiger partial charge in [0.1, 0.15) is 0 Å². The van der Waals surface area contributed by atoms with Gasteiger partial charge in [-0.05, 0) is 44.0 Å². The molecule has 2 rings (SSSR count). The summed E-state index contributed by atoms with van der Waals surface area (Å²) in [5, 5.41) is 0. The second-order valence-corrected chi connectivity index (χ2v) is 7.90. The molecule has 1 N–H and O–H groups in total. The Morgan fingerprint density at radius 2 is 1.60 bits per heavy atom. The Morgan fingerprint density at radius 1 is 1.04 bits per heavy atom. The van der Waals surface area contributed by atoms with E-state index in [0.29, 0.717) is 0 Å². The topological polar surface area (TPSA) is 66.5 Å². The van der Waals surface area contributed by atoms with Crippen molar-refractivity contribution in [2.45, 2.75) is 32.6 Å². The van der Waals surface area contributed by atoms with Crippen molar-refractivity contribution < 1.29 is 13.2 Å². The van der Waals surface area contributed by atoms with Crippen LogP contribution in [0.15, 0.2) is 47.4 Å². The van der Waals surface area contributed by atoms with Gasteiger partial charge in [0.2, 0.25) is 15.9 Å². The number of anilines is 1. The van der Waals surface area contributed by atoms with Crippen LogP contribution in [0.25, 0.3) is 0 Å². The van der Waals surface area contributed by atoms with Crippen LogP contribution in [0.3, 0.4) is 0 Å². The predicted octanol–water partition coefficient (Wildman–Crippen LogP) is 2.94. The minimum Gasteiger partial charge on any atom is -0.311 e. The molecule has 2 aromatic rings. The van der Waals surface area contributed by atoms with Gasteiger partial charge in [0, 0.05) is 25.7 Å². The number of nitrogens with one attached hydrogen (secondary N) is 1. The van der Waals surface area contributed by atoms with E-state index in [0.717, 1.165) is 22.4 Å². The Bertz CT molecular complexity index is 838. The molecule has 0 aliphatic carbocycles. The third-order valence-electron chi connectivity index (χ3n) is 3.97. The van der Waals surface area contributed by atoms with Crippen molar-refractivity contribution in [1.82, 2.24) is 4.72 Å². The van der Waals surface area contributed by atoms with Crippen LogP contribution in [0.1, 0.15) is 23.6 Å². The molecule has 134 valence electrons. The average Bonchev–Trinajstić information content (AvgIpc) is 2.53. The summed E-state index contributed by atoms with van der Waals surface area (Å²) in [5.74, 6) is -0.117. The summed E-state index contributed by atoms with van der Waals surface area (Å²) in [6.45, 7) is 7.83. The first-order valence-corrected chi connectivity index (χ1v) is 9.61. The van der Waals surface area contributed by atoms with Gasteiger partial charge >= 0.3 is 0 Å². The highest BCUT2D eigenvalue weighted by atomic mass is 32.2. The highest BCUT2D eigenvalue weighted by molar-refractivity contribution is 7.89. The van der Waals surface area contributed by atoms with Gasteiger partial charge in [0.05, 0.1) is 4.90 Å². The molecule has 0 radical (unpaired) electrons. The summed E-state index contributed by atoms with van der Waals surface area (Å²) in [5.41, 5.74) is 3.97. The highest BCUT2D eigenvalue weighted by Crippen LogP contribution is 2.26. The maximum absolute atomic E-state index is 12.3. The van der Waals surface area contributed by atoms with Crippen molar-refractivity contribution in [3.63, 3.8) is 0 Å². The first kappa shape index (κ1) is 19.1. The van der Waals surface area contributed by atoms with E-state index in [1.165, 1.54) is 6.92 Å². The molecule has 0 aliphatic heterocycles. The van der Waals surface area contributed by atoms with E-state index in [1.807, 2.05) is 32.9 Å². The Balaban J connectivity index is 2.16. The van der Waals surface area contributed by atoms with Gasteiger partial charge in [-0.15, -0.1) is 0 Å². The van der Waals surface area contributed by atoms with Gasteiger partial charge in [0.15, 0.2) is 0 Å². The van der Waals surface area contributed by atoms with Crippen molar-refractivity contribution >= 4 is 21.6 Å². The number of hydrogen-bond donors (Lipinski definition) is 1. The first-order valence-electron chi connectivity index (χ1n) is 8.13. The lowest BCUT2D eigenvalue weighted by atomic mass is 10.0. The Morgan fingerprint density at radius 3 is 2.12 bits per heavy atom. The molecular formula is C19H24N2O3S. The number of aryl methyl sites for hydroxylation is 3. The number of nitrogens with zero attached hydrogens (tertiary/aromatic N) is 1. The summed E-state index contributed by atoms with van der Waals surface area (Å²) >= 11 is 0. The van der Waals surface area contributed by atoms with E-state index in [1.54, 1.807) is 35.2 Å². The second kappa shape index (κ2) is 7.80. The molecule has 5 nitrogen and oxygen atoms in total. The molecule has 0 bridgehead atoms. The standard InChI is InChI=1S/C19H24N2O3S/c1-14-12-15(2)19(16(3)13-14)21(17(4)22)11-10-20-25(23,24)18-8-6-5-7-9-18/h5-9,12-13,20H,10-11H2,1-4H3. The first-order chi connectivity index (χ1) is 11.7. The molecule has 0 saturated carbocycles. The van der Waals surface area contributed by atoms with Crippen LogP contribution in [-0.2, 0) is 14.8 Å². The normalized spacial score (nSPS) is 11.4. The lowest BCUT2D eigenvalue weighted by molar-refractivity contribution is -0.116. The molecule has 0 unspecified atom stereocenters. The van der Waals surface area contributed by atoms with Crippen LogP contribution in [-0.4, -0.2) is 27.4 Å². The van der Waals surface area contributed by atoms with Crippen molar-refractivity contribution in [1.29, 1.82) is 0 Å². The fourth-order valence-corrected chi connectivity index (χ4v) is 4.04. The largest absolute Gasteiger partial charge is 0.311 e. The lowest BCUT2D eigenvalue weighted by Gasteiger charge is -2.25. The van der Waals surface area contributed by atoms with Crippen molar-refractivity contribution in [2.75, 3.05) is 18.0 Å². The zero-order valence-corrected chi connectivity index (χ0v) is 15.9. The van der Waals surface area contributed by atoms with E-state index >= 15 is 0 Å². The number of benzene rings is 2. The number of carbonyl (C=O) groups excluding carboxylic acids is 1. The quantitative estimate of drug-likeness (QED) is 0.861. The third kappa shape index (κ3) is 4.67. The second-order valence-electron chi connectivity index (χ2n) is 6.13. The molecule has 0 heterocycles. The third-order valence-corrected chi connectivity index (χ3v) is 5.44. The Hall–Kier alpha value is -2.18. The molecular weight excluding hydrogens is 336 g/mol. The lowest BCUT2D eigenvalue weighted by Crippen LogP contribution is -2.38. The zero-order valence-electron chi connectivity index (χ0n) is 15.0. The Labute approximate surface area is 149 Å². The van der Waals surface area contributed by atoms with E-state index in [4.69, 9.17) is 0 Å². The fraction of sp³-hybridized carbons (Fsp3) is 0.316. The smallest absolute Gasteiger partial charge is 0.240 e. The molecule has 0 atom stereocenters. The van der Waals surface area contributed by atoms with Gasteiger partial charge < -0.3 is 4.90 Å². The number of sulfonamides is 1. The number of amides is 1. The molecule has 0 saturated heterocycles. The maximum atomic E-state index is 12.3.